The van der Waals surface area contributed by atoms with E-state index in [0.29, 0.717) is 0 Å². The van der Waals surface area contributed by atoms with Crippen molar-refractivity contribution in [2.24, 2.45) is 0 Å². The molecule has 1 aliphatic heterocycles. The third kappa shape index (κ3) is 2.97. The van der Waals surface area contributed by atoms with E-state index in [1.807, 2.05) is 64.1 Å². The van der Waals surface area contributed by atoms with Crippen molar-refractivity contribution < 1.29 is 19.2 Å². The monoisotopic (exact) mass is 324 g/mol. The van der Waals surface area contributed by atoms with E-state index in [0.717, 1.165) is 16.6 Å². The van der Waals surface area contributed by atoms with Crippen LogP contribution < -0.4 is 5.46 Å². The molecule has 0 atom stereocenters. The molecule has 1 fully saturated rings. The summed E-state index contributed by atoms with van der Waals surface area (Å²) < 4.78 is 12.1. The maximum absolute atomic E-state index is 10.9. The van der Waals surface area contributed by atoms with Gasteiger partial charge in [-0.25, -0.2) is 4.79 Å². The second-order valence-electron chi connectivity index (χ2n) is 7.09. The van der Waals surface area contributed by atoms with E-state index < -0.39 is 5.97 Å². The highest BCUT2D eigenvalue weighted by Gasteiger charge is 2.51. The lowest BCUT2D eigenvalue weighted by atomic mass is 9.78. The molecule has 1 heterocycles. The summed E-state index contributed by atoms with van der Waals surface area (Å²) in [5.74, 6) is -0.919. The smallest absolute Gasteiger partial charge is 0.478 e. The molecule has 0 unspecified atom stereocenters. The standard InChI is InChI=1S/C19H21BO4/c1-18(2)19(3,4)24-20(23-18)16-11-9-14(10-12-16)13-5-7-15(8-6-13)17(21)22/h5-12H,1-4H3,(H,21,22). The minimum atomic E-state index is -0.919. The highest BCUT2D eigenvalue weighted by Crippen LogP contribution is 2.36. The van der Waals surface area contributed by atoms with Crippen LogP contribution in [0.5, 0.6) is 0 Å². The van der Waals surface area contributed by atoms with Crippen LogP contribution in [0.25, 0.3) is 11.1 Å². The molecule has 4 nitrogen and oxygen atoms in total. The summed E-state index contributed by atoms with van der Waals surface area (Å²) in [5, 5.41) is 8.96. The Hall–Kier alpha value is -2.11. The Labute approximate surface area is 142 Å². The van der Waals surface area contributed by atoms with E-state index in [4.69, 9.17) is 14.4 Å². The topological polar surface area (TPSA) is 55.8 Å². The van der Waals surface area contributed by atoms with Crippen LogP contribution in [-0.2, 0) is 9.31 Å². The second kappa shape index (κ2) is 5.76. The van der Waals surface area contributed by atoms with Crippen LogP contribution in [0.1, 0.15) is 38.1 Å². The first-order valence-corrected chi connectivity index (χ1v) is 7.99. The Balaban J connectivity index is 1.80. The van der Waals surface area contributed by atoms with Gasteiger partial charge in [0.1, 0.15) is 0 Å². The van der Waals surface area contributed by atoms with Gasteiger partial charge in [0.25, 0.3) is 0 Å². The number of hydrogen-bond donors (Lipinski definition) is 1. The maximum atomic E-state index is 10.9. The summed E-state index contributed by atoms with van der Waals surface area (Å²) in [6, 6.07) is 14.8. The molecule has 3 rings (SSSR count). The van der Waals surface area contributed by atoms with Gasteiger partial charge in [0.15, 0.2) is 0 Å². The first-order chi connectivity index (χ1) is 11.2. The van der Waals surface area contributed by atoms with Gasteiger partial charge in [-0.3, -0.25) is 0 Å². The zero-order valence-corrected chi connectivity index (χ0v) is 14.4. The maximum Gasteiger partial charge on any atom is 0.494 e. The molecular weight excluding hydrogens is 303 g/mol. The molecule has 0 aromatic heterocycles. The van der Waals surface area contributed by atoms with Gasteiger partial charge in [-0.1, -0.05) is 36.4 Å². The van der Waals surface area contributed by atoms with E-state index in [9.17, 15) is 4.79 Å². The van der Waals surface area contributed by atoms with Gasteiger partial charge in [-0.05, 0) is 56.4 Å². The molecule has 0 spiro atoms. The Morgan fingerprint density at radius 2 is 1.25 bits per heavy atom. The second-order valence-corrected chi connectivity index (χ2v) is 7.09. The molecule has 0 aliphatic carbocycles. The summed E-state index contributed by atoms with van der Waals surface area (Å²) in [7, 11) is -0.376. The Bertz CT molecular complexity index is 732. The number of carboxylic acids is 1. The summed E-state index contributed by atoms with van der Waals surface area (Å²) in [6.07, 6.45) is 0. The molecule has 2 aromatic carbocycles. The number of benzene rings is 2. The van der Waals surface area contributed by atoms with E-state index in [-0.39, 0.29) is 23.9 Å². The molecule has 5 heteroatoms. The molecule has 1 N–H and O–H groups in total. The van der Waals surface area contributed by atoms with Gasteiger partial charge in [0.2, 0.25) is 0 Å². The largest absolute Gasteiger partial charge is 0.494 e. The minimum Gasteiger partial charge on any atom is -0.478 e. The van der Waals surface area contributed by atoms with Crippen molar-refractivity contribution in [3.63, 3.8) is 0 Å². The van der Waals surface area contributed by atoms with Crippen molar-refractivity contribution >= 4 is 18.6 Å². The summed E-state index contributed by atoms with van der Waals surface area (Å²) in [5.41, 5.74) is 2.53. The van der Waals surface area contributed by atoms with Crippen LogP contribution in [0, 0.1) is 0 Å². The zero-order valence-electron chi connectivity index (χ0n) is 14.4. The SMILES string of the molecule is CC1(C)OB(c2ccc(-c3ccc(C(=O)O)cc3)cc2)OC1(C)C. The number of carbonyl (C=O) groups is 1. The molecule has 0 saturated carbocycles. The third-order valence-electron chi connectivity index (χ3n) is 4.90. The highest BCUT2D eigenvalue weighted by atomic mass is 16.7. The normalized spacial score (nSPS) is 18.6. The van der Waals surface area contributed by atoms with Gasteiger partial charge in [0, 0.05) is 0 Å². The number of aromatic carboxylic acids is 1. The molecule has 1 saturated heterocycles. The van der Waals surface area contributed by atoms with E-state index >= 15 is 0 Å². The molecule has 0 bridgehead atoms. The lowest BCUT2D eigenvalue weighted by Crippen LogP contribution is -2.41. The Morgan fingerprint density at radius 1 is 0.833 bits per heavy atom. The fraction of sp³-hybridized carbons (Fsp3) is 0.316. The lowest BCUT2D eigenvalue weighted by Gasteiger charge is -2.32. The zero-order chi connectivity index (χ0) is 17.5. The van der Waals surface area contributed by atoms with E-state index in [1.165, 1.54) is 0 Å². The molecule has 124 valence electrons. The van der Waals surface area contributed by atoms with Gasteiger partial charge < -0.3 is 14.4 Å². The first kappa shape index (κ1) is 16.7. The predicted molar refractivity (Wildman–Crippen MR) is 94.6 cm³/mol. The van der Waals surface area contributed by atoms with Crippen LogP contribution in [-0.4, -0.2) is 29.4 Å². The van der Waals surface area contributed by atoms with Gasteiger partial charge in [-0.2, -0.15) is 0 Å². The van der Waals surface area contributed by atoms with Gasteiger partial charge >= 0.3 is 13.1 Å². The first-order valence-electron chi connectivity index (χ1n) is 7.99. The van der Waals surface area contributed by atoms with Crippen LogP contribution in [0.3, 0.4) is 0 Å². The van der Waals surface area contributed by atoms with Crippen molar-refractivity contribution in [2.45, 2.75) is 38.9 Å². The molecule has 2 aromatic rings. The molecule has 1 aliphatic rings. The van der Waals surface area contributed by atoms with Crippen LogP contribution in [0.2, 0.25) is 0 Å². The fourth-order valence-electron chi connectivity index (χ4n) is 2.62. The van der Waals surface area contributed by atoms with Crippen molar-refractivity contribution in [1.29, 1.82) is 0 Å². The van der Waals surface area contributed by atoms with Gasteiger partial charge in [0.05, 0.1) is 16.8 Å². The van der Waals surface area contributed by atoms with Crippen molar-refractivity contribution in [1.82, 2.24) is 0 Å². The Morgan fingerprint density at radius 3 is 1.67 bits per heavy atom. The number of carboxylic acid groups (broad SMARTS) is 1. The van der Waals surface area contributed by atoms with Crippen LogP contribution in [0.4, 0.5) is 0 Å². The van der Waals surface area contributed by atoms with Crippen molar-refractivity contribution in [2.75, 3.05) is 0 Å². The van der Waals surface area contributed by atoms with Crippen molar-refractivity contribution in [3.8, 4) is 11.1 Å². The van der Waals surface area contributed by atoms with E-state index in [1.54, 1.807) is 12.1 Å². The lowest BCUT2D eigenvalue weighted by molar-refractivity contribution is 0.00578. The fourth-order valence-corrected chi connectivity index (χ4v) is 2.62. The average molecular weight is 324 g/mol. The quantitative estimate of drug-likeness (QED) is 0.880. The van der Waals surface area contributed by atoms with Crippen LogP contribution >= 0.6 is 0 Å². The number of hydrogen-bond acceptors (Lipinski definition) is 3. The third-order valence-corrected chi connectivity index (χ3v) is 4.90. The summed E-state index contributed by atoms with van der Waals surface area (Å²) in [4.78, 5) is 10.9. The van der Waals surface area contributed by atoms with E-state index in [2.05, 4.69) is 0 Å². The summed E-state index contributed by atoms with van der Waals surface area (Å²) >= 11 is 0. The predicted octanol–water partition coefficient (Wildman–Crippen LogP) is 3.35. The molecule has 24 heavy (non-hydrogen) atoms. The molecule has 0 radical (unpaired) electrons. The average Bonchev–Trinajstić information content (AvgIpc) is 2.76. The summed E-state index contributed by atoms with van der Waals surface area (Å²) in [6.45, 7) is 8.13. The van der Waals surface area contributed by atoms with Crippen molar-refractivity contribution in [3.05, 3.63) is 54.1 Å². The molecular formula is C19H21BO4. The minimum absolute atomic E-state index is 0.285. The van der Waals surface area contributed by atoms with Gasteiger partial charge in [-0.15, -0.1) is 0 Å². The number of rotatable bonds is 3. The Kier molecular flexibility index (Phi) is 4.02. The highest BCUT2D eigenvalue weighted by molar-refractivity contribution is 6.62. The molecule has 0 amide bonds. The van der Waals surface area contributed by atoms with Crippen LogP contribution in [0.15, 0.2) is 48.5 Å².